The molecule has 0 spiro atoms. The zero-order valence-corrected chi connectivity index (χ0v) is 19.1. The van der Waals surface area contributed by atoms with Crippen LogP contribution in [0.4, 0.5) is 11.6 Å². The summed E-state index contributed by atoms with van der Waals surface area (Å²) in [6, 6.07) is 5.21. The fourth-order valence-corrected chi connectivity index (χ4v) is 4.33. The molecule has 4 rings (SSSR count). The molecule has 33 heavy (non-hydrogen) atoms. The summed E-state index contributed by atoms with van der Waals surface area (Å²) in [6.07, 6.45) is 6.08. The average molecular weight is 452 g/mol. The zero-order valence-electron chi connectivity index (χ0n) is 19.1. The molecule has 3 aromatic rings. The van der Waals surface area contributed by atoms with E-state index in [9.17, 15) is 9.59 Å². The van der Waals surface area contributed by atoms with Gasteiger partial charge >= 0.3 is 0 Å². The lowest BCUT2D eigenvalue weighted by atomic mass is 9.86. The molecule has 3 heterocycles. The highest BCUT2D eigenvalue weighted by atomic mass is 16.5. The van der Waals surface area contributed by atoms with Crippen molar-refractivity contribution in [2.45, 2.75) is 64.3 Å². The highest BCUT2D eigenvalue weighted by Crippen LogP contribution is 2.41. The number of hydrogen-bond donors (Lipinski definition) is 3. The number of pyridine rings is 1. The zero-order chi connectivity index (χ0) is 23.8. The SMILES string of the molecule is CC(C)n1nc(-c2ccc(CC(=O)Nc3cc(C4(C)CCCC4)on3)nc2)c(C(N)=O)c1N. The van der Waals surface area contributed by atoms with Gasteiger partial charge in [0, 0.05) is 35.0 Å². The number of carbonyl (C=O) groups is 2. The predicted octanol–water partition coefficient (Wildman–Crippen LogP) is 3.21. The molecule has 0 saturated heterocycles. The summed E-state index contributed by atoms with van der Waals surface area (Å²) in [5.74, 6) is 0.521. The lowest BCUT2D eigenvalue weighted by Gasteiger charge is -2.18. The maximum absolute atomic E-state index is 12.5. The third kappa shape index (κ3) is 4.46. The first-order chi connectivity index (χ1) is 15.7. The average Bonchev–Trinajstić information content (AvgIpc) is 3.48. The van der Waals surface area contributed by atoms with Crippen molar-refractivity contribution in [2.75, 3.05) is 11.1 Å². The Hall–Kier alpha value is -3.69. The number of amides is 2. The molecule has 0 bridgehead atoms. The van der Waals surface area contributed by atoms with Gasteiger partial charge in [-0.05, 0) is 38.8 Å². The summed E-state index contributed by atoms with van der Waals surface area (Å²) < 4.78 is 7.04. The normalized spacial score (nSPS) is 15.2. The summed E-state index contributed by atoms with van der Waals surface area (Å²) in [4.78, 5) is 28.8. The molecule has 0 radical (unpaired) electrons. The lowest BCUT2D eigenvalue weighted by molar-refractivity contribution is -0.115. The molecule has 1 fully saturated rings. The third-order valence-electron chi connectivity index (χ3n) is 6.20. The van der Waals surface area contributed by atoms with E-state index in [1.54, 1.807) is 29.1 Å². The van der Waals surface area contributed by atoms with Gasteiger partial charge in [-0.3, -0.25) is 14.6 Å². The summed E-state index contributed by atoms with van der Waals surface area (Å²) >= 11 is 0. The fraction of sp³-hybridized carbons (Fsp3) is 0.435. The van der Waals surface area contributed by atoms with E-state index in [2.05, 4.69) is 27.5 Å². The van der Waals surface area contributed by atoms with E-state index in [0.717, 1.165) is 18.6 Å². The van der Waals surface area contributed by atoms with Crippen LogP contribution in [0.5, 0.6) is 0 Å². The molecule has 1 saturated carbocycles. The van der Waals surface area contributed by atoms with E-state index < -0.39 is 5.91 Å². The largest absolute Gasteiger partial charge is 0.383 e. The third-order valence-corrected chi connectivity index (χ3v) is 6.20. The maximum Gasteiger partial charge on any atom is 0.254 e. The monoisotopic (exact) mass is 451 g/mol. The predicted molar refractivity (Wildman–Crippen MR) is 123 cm³/mol. The van der Waals surface area contributed by atoms with Crippen molar-refractivity contribution in [3.8, 4) is 11.3 Å². The van der Waals surface area contributed by atoms with Crippen LogP contribution in [0.15, 0.2) is 28.9 Å². The summed E-state index contributed by atoms with van der Waals surface area (Å²) in [5.41, 5.74) is 13.3. The smallest absolute Gasteiger partial charge is 0.254 e. The molecule has 1 aliphatic carbocycles. The van der Waals surface area contributed by atoms with Gasteiger partial charge in [-0.15, -0.1) is 0 Å². The van der Waals surface area contributed by atoms with E-state index >= 15 is 0 Å². The second-order valence-electron chi connectivity index (χ2n) is 9.12. The fourth-order valence-electron chi connectivity index (χ4n) is 4.33. The van der Waals surface area contributed by atoms with E-state index in [1.165, 1.54) is 12.8 Å². The molecular formula is C23H29N7O3. The van der Waals surface area contributed by atoms with Gasteiger partial charge in [0.15, 0.2) is 5.82 Å². The quantitative estimate of drug-likeness (QED) is 0.498. The Balaban J connectivity index is 1.45. The molecule has 5 N–H and O–H groups in total. The molecule has 0 unspecified atom stereocenters. The van der Waals surface area contributed by atoms with Crippen molar-refractivity contribution in [3.63, 3.8) is 0 Å². The van der Waals surface area contributed by atoms with Gasteiger partial charge in [0.2, 0.25) is 5.91 Å². The van der Waals surface area contributed by atoms with Crippen LogP contribution >= 0.6 is 0 Å². The number of nitrogens with one attached hydrogen (secondary N) is 1. The number of nitrogens with two attached hydrogens (primary N) is 2. The molecule has 3 aromatic heterocycles. The Labute approximate surface area is 191 Å². The highest BCUT2D eigenvalue weighted by Gasteiger charge is 2.34. The number of rotatable bonds is 7. The minimum Gasteiger partial charge on any atom is -0.383 e. The van der Waals surface area contributed by atoms with Crippen LogP contribution in [0.1, 0.15) is 74.3 Å². The Kier molecular flexibility index (Phi) is 5.92. The van der Waals surface area contributed by atoms with Gasteiger partial charge in [0.25, 0.3) is 5.91 Å². The first kappa shape index (κ1) is 22.5. The minimum atomic E-state index is -0.656. The van der Waals surface area contributed by atoms with Gasteiger partial charge in [-0.25, -0.2) is 4.68 Å². The van der Waals surface area contributed by atoms with Gasteiger partial charge in [-0.2, -0.15) is 5.10 Å². The minimum absolute atomic E-state index is 0.0108. The molecule has 10 nitrogen and oxygen atoms in total. The van der Waals surface area contributed by atoms with E-state index in [4.69, 9.17) is 16.0 Å². The van der Waals surface area contributed by atoms with Crippen molar-refractivity contribution < 1.29 is 14.1 Å². The van der Waals surface area contributed by atoms with Gasteiger partial charge < -0.3 is 21.3 Å². The summed E-state index contributed by atoms with van der Waals surface area (Å²) in [6.45, 7) is 5.98. The molecule has 0 atom stereocenters. The Morgan fingerprint density at radius 3 is 2.61 bits per heavy atom. The van der Waals surface area contributed by atoms with E-state index in [1.807, 2.05) is 13.8 Å². The van der Waals surface area contributed by atoms with Crippen molar-refractivity contribution in [3.05, 3.63) is 41.4 Å². The van der Waals surface area contributed by atoms with Crippen LogP contribution in [0.2, 0.25) is 0 Å². The maximum atomic E-state index is 12.5. The number of carbonyl (C=O) groups excluding carboxylic acids is 2. The second-order valence-corrected chi connectivity index (χ2v) is 9.12. The first-order valence-corrected chi connectivity index (χ1v) is 11.1. The molecule has 2 amide bonds. The van der Waals surface area contributed by atoms with E-state index in [0.29, 0.717) is 22.8 Å². The molecule has 0 aromatic carbocycles. The van der Waals surface area contributed by atoms with Crippen LogP contribution in [0.25, 0.3) is 11.3 Å². The lowest BCUT2D eigenvalue weighted by Crippen LogP contribution is -2.16. The van der Waals surface area contributed by atoms with Gasteiger partial charge in [0.05, 0.1) is 6.42 Å². The molecule has 10 heteroatoms. The number of anilines is 2. The van der Waals surface area contributed by atoms with Gasteiger partial charge in [0.1, 0.15) is 22.8 Å². The number of aromatic nitrogens is 4. The van der Waals surface area contributed by atoms with Crippen LogP contribution in [0.3, 0.4) is 0 Å². The molecule has 0 aliphatic heterocycles. The van der Waals surface area contributed by atoms with Crippen LogP contribution in [0, 0.1) is 0 Å². The van der Waals surface area contributed by atoms with Crippen LogP contribution in [-0.4, -0.2) is 31.7 Å². The Morgan fingerprint density at radius 2 is 2.00 bits per heavy atom. The standard InChI is InChI=1S/C23H29N7O3/c1-13(2)30-21(24)19(22(25)32)20(28-30)14-6-7-15(26-12-14)10-18(31)27-17-11-16(33-29-17)23(3)8-4-5-9-23/h6-7,11-13H,4-5,8-10,24H2,1-3H3,(H2,25,32)(H,27,29,31). The number of nitrogens with zero attached hydrogens (tertiary/aromatic N) is 4. The molecule has 174 valence electrons. The Bertz CT molecular complexity index is 1170. The summed E-state index contributed by atoms with van der Waals surface area (Å²) in [5, 5.41) is 11.2. The number of nitrogen functional groups attached to an aromatic ring is 1. The summed E-state index contributed by atoms with van der Waals surface area (Å²) in [7, 11) is 0. The van der Waals surface area contributed by atoms with Crippen molar-refractivity contribution in [1.82, 2.24) is 19.9 Å². The number of hydrogen-bond acceptors (Lipinski definition) is 7. The van der Waals surface area contributed by atoms with Crippen molar-refractivity contribution in [1.29, 1.82) is 0 Å². The van der Waals surface area contributed by atoms with Crippen LogP contribution in [-0.2, 0) is 16.6 Å². The Morgan fingerprint density at radius 1 is 1.27 bits per heavy atom. The van der Waals surface area contributed by atoms with Crippen LogP contribution < -0.4 is 16.8 Å². The molecule has 1 aliphatic rings. The highest BCUT2D eigenvalue weighted by molar-refractivity contribution is 6.03. The molecular weight excluding hydrogens is 422 g/mol. The van der Waals surface area contributed by atoms with Crippen molar-refractivity contribution >= 4 is 23.5 Å². The van der Waals surface area contributed by atoms with Crippen molar-refractivity contribution in [2.24, 2.45) is 5.73 Å². The number of primary amides is 1. The van der Waals surface area contributed by atoms with Gasteiger partial charge in [-0.1, -0.05) is 24.9 Å². The van der Waals surface area contributed by atoms with E-state index in [-0.39, 0.29) is 35.2 Å². The topological polar surface area (TPSA) is 155 Å². The second kappa shape index (κ2) is 8.68. The first-order valence-electron chi connectivity index (χ1n) is 11.1.